The smallest absolute Gasteiger partial charge is 0.328 e. The fourth-order valence-corrected chi connectivity index (χ4v) is 4.90. The largest absolute Gasteiger partial charge is 0.467 e. The predicted molar refractivity (Wildman–Crippen MR) is 166 cm³/mol. The number of methoxy groups -OCH3 is 2. The molecule has 232 valence electrons. The Hall–Kier alpha value is -5.12. The number of carbonyl (C=O) groups excluding carboxylic acids is 4. The van der Waals surface area contributed by atoms with Gasteiger partial charge in [-0.1, -0.05) is 36.4 Å². The van der Waals surface area contributed by atoms with Gasteiger partial charge in [-0.25, -0.2) is 9.59 Å². The highest BCUT2D eigenvalue weighted by Crippen LogP contribution is 2.30. The summed E-state index contributed by atoms with van der Waals surface area (Å²) < 4.78 is 20.0. The number of amides is 2. The van der Waals surface area contributed by atoms with Crippen LogP contribution in [0.1, 0.15) is 57.2 Å². The summed E-state index contributed by atoms with van der Waals surface area (Å²) in [6.07, 6.45) is 2.86. The molecule has 4 rings (SSSR count). The van der Waals surface area contributed by atoms with Gasteiger partial charge in [-0.2, -0.15) is 0 Å². The first-order chi connectivity index (χ1) is 20.9. The van der Waals surface area contributed by atoms with Gasteiger partial charge in [-0.15, -0.1) is 0 Å². The van der Waals surface area contributed by atoms with Crippen LogP contribution in [0.2, 0.25) is 0 Å². The maximum Gasteiger partial charge on any atom is 0.328 e. The zero-order valence-corrected chi connectivity index (χ0v) is 26.2. The zero-order chi connectivity index (χ0) is 32.6. The van der Waals surface area contributed by atoms with E-state index in [9.17, 15) is 19.2 Å². The lowest BCUT2D eigenvalue weighted by Crippen LogP contribution is -2.44. The molecule has 0 N–H and O–H groups in total. The van der Waals surface area contributed by atoms with E-state index in [0.717, 1.165) is 22.3 Å². The first-order valence-corrected chi connectivity index (χ1v) is 14.0. The summed E-state index contributed by atoms with van der Waals surface area (Å²) in [5.41, 5.74) is 4.99. The zero-order valence-electron chi connectivity index (χ0n) is 26.2. The van der Waals surface area contributed by atoms with Gasteiger partial charge in [0, 0.05) is 0 Å². The normalized spacial score (nSPS) is 11.8. The molecule has 0 aliphatic carbocycles. The molecule has 0 spiro atoms. The van der Waals surface area contributed by atoms with E-state index in [-0.39, 0.29) is 23.3 Å². The van der Waals surface area contributed by atoms with Crippen molar-refractivity contribution in [3.8, 4) is 0 Å². The molecule has 10 nitrogen and oxygen atoms in total. The standard InChI is InChI=1S/2C17H19NO4/c2*1-11-7-5-8-12(2)15(11)18(13(3)17(20)21-4)16(19)14-9-6-10-22-14/h2*5-10,13H,1-4H3. The Bertz CT molecular complexity index is 1430. The van der Waals surface area contributed by atoms with E-state index < -0.39 is 24.0 Å². The van der Waals surface area contributed by atoms with Crippen molar-refractivity contribution in [3.63, 3.8) is 0 Å². The number of anilines is 2. The van der Waals surface area contributed by atoms with E-state index in [0.29, 0.717) is 11.4 Å². The molecule has 0 fully saturated rings. The molecular formula is C34H38N2O8. The molecule has 2 amide bonds. The average Bonchev–Trinajstić information content (AvgIpc) is 3.75. The third kappa shape index (κ3) is 7.26. The summed E-state index contributed by atoms with van der Waals surface area (Å²) in [5, 5.41) is 0. The van der Waals surface area contributed by atoms with Crippen molar-refractivity contribution in [1.29, 1.82) is 0 Å². The summed E-state index contributed by atoms with van der Waals surface area (Å²) in [6, 6.07) is 16.3. The van der Waals surface area contributed by atoms with Gasteiger partial charge in [0.15, 0.2) is 11.5 Å². The van der Waals surface area contributed by atoms with Crippen LogP contribution in [0.5, 0.6) is 0 Å². The maximum absolute atomic E-state index is 12.8. The molecule has 0 aliphatic rings. The second-order valence-corrected chi connectivity index (χ2v) is 10.2. The Kier molecular flexibility index (Phi) is 11.3. The highest BCUT2D eigenvalue weighted by atomic mass is 16.5. The van der Waals surface area contributed by atoms with Gasteiger partial charge in [0.05, 0.1) is 38.1 Å². The van der Waals surface area contributed by atoms with Crippen LogP contribution in [0.3, 0.4) is 0 Å². The Labute approximate surface area is 257 Å². The molecule has 2 unspecified atom stereocenters. The topological polar surface area (TPSA) is 120 Å². The monoisotopic (exact) mass is 602 g/mol. The van der Waals surface area contributed by atoms with Crippen LogP contribution in [-0.4, -0.2) is 50.1 Å². The van der Waals surface area contributed by atoms with Crippen molar-refractivity contribution in [1.82, 2.24) is 0 Å². The number of hydrogen-bond donors (Lipinski definition) is 0. The molecular weight excluding hydrogens is 564 g/mol. The fraction of sp³-hybridized carbons (Fsp3) is 0.294. The number of rotatable bonds is 8. The van der Waals surface area contributed by atoms with Gasteiger partial charge < -0.3 is 18.3 Å². The molecule has 0 bridgehead atoms. The van der Waals surface area contributed by atoms with Crippen LogP contribution in [-0.2, 0) is 19.1 Å². The third-order valence-electron chi connectivity index (χ3n) is 7.12. The van der Waals surface area contributed by atoms with E-state index >= 15 is 0 Å². The van der Waals surface area contributed by atoms with E-state index in [1.807, 2.05) is 64.1 Å². The van der Waals surface area contributed by atoms with Crippen molar-refractivity contribution in [2.75, 3.05) is 24.0 Å². The van der Waals surface area contributed by atoms with Gasteiger partial charge in [0.2, 0.25) is 0 Å². The predicted octanol–water partition coefficient (Wildman–Crippen LogP) is 6.21. The van der Waals surface area contributed by atoms with Crippen molar-refractivity contribution in [2.24, 2.45) is 0 Å². The van der Waals surface area contributed by atoms with Crippen molar-refractivity contribution < 1.29 is 37.5 Å². The fourth-order valence-electron chi connectivity index (χ4n) is 4.90. The van der Waals surface area contributed by atoms with Gasteiger partial charge in [-0.3, -0.25) is 19.4 Å². The number of aryl methyl sites for hydroxylation is 4. The summed E-state index contributed by atoms with van der Waals surface area (Å²) in [4.78, 5) is 52.4. The molecule has 0 radical (unpaired) electrons. The number of nitrogens with zero attached hydrogens (tertiary/aromatic N) is 2. The molecule has 4 aromatic rings. The second-order valence-electron chi connectivity index (χ2n) is 10.2. The average molecular weight is 603 g/mol. The Morgan fingerprint density at radius 1 is 0.568 bits per heavy atom. The van der Waals surface area contributed by atoms with Crippen LogP contribution in [0.4, 0.5) is 11.4 Å². The number of carbonyl (C=O) groups is 4. The van der Waals surface area contributed by atoms with Gasteiger partial charge in [-0.05, 0) is 88.1 Å². The van der Waals surface area contributed by atoms with Crippen LogP contribution >= 0.6 is 0 Å². The van der Waals surface area contributed by atoms with Crippen LogP contribution in [0.25, 0.3) is 0 Å². The lowest BCUT2D eigenvalue weighted by Gasteiger charge is -2.29. The van der Waals surface area contributed by atoms with Gasteiger partial charge >= 0.3 is 11.9 Å². The quantitative estimate of drug-likeness (QED) is 0.218. The van der Waals surface area contributed by atoms with Crippen molar-refractivity contribution in [2.45, 2.75) is 53.6 Å². The first kappa shape index (κ1) is 33.4. The number of hydrogen-bond acceptors (Lipinski definition) is 8. The van der Waals surface area contributed by atoms with E-state index in [1.165, 1.54) is 36.5 Å². The third-order valence-corrected chi connectivity index (χ3v) is 7.12. The van der Waals surface area contributed by atoms with Crippen LogP contribution in [0.15, 0.2) is 82.0 Å². The number of furan rings is 2. The number of para-hydroxylation sites is 2. The maximum atomic E-state index is 12.8. The van der Waals surface area contributed by atoms with Crippen molar-refractivity contribution in [3.05, 3.63) is 107 Å². The number of benzene rings is 2. The van der Waals surface area contributed by atoms with E-state index in [1.54, 1.807) is 38.1 Å². The highest BCUT2D eigenvalue weighted by molar-refractivity contribution is 6.09. The van der Waals surface area contributed by atoms with Gasteiger partial charge in [0.1, 0.15) is 12.1 Å². The molecule has 44 heavy (non-hydrogen) atoms. The minimum Gasteiger partial charge on any atom is -0.467 e. The van der Waals surface area contributed by atoms with E-state index in [2.05, 4.69) is 0 Å². The second kappa shape index (κ2) is 14.9. The number of ether oxygens (including phenoxy) is 2. The molecule has 2 aromatic heterocycles. The minimum atomic E-state index is -0.762. The molecule has 2 aromatic carbocycles. The van der Waals surface area contributed by atoms with Crippen LogP contribution < -0.4 is 9.80 Å². The summed E-state index contributed by atoms with van der Waals surface area (Å²) in [5.74, 6) is -1.36. The van der Waals surface area contributed by atoms with E-state index in [4.69, 9.17) is 18.3 Å². The lowest BCUT2D eigenvalue weighted by molar-refractivity contribution is -0.142. The summed E-state index contributed by atoms with van der Waals surface area (Å²) in [6.45, 7) is 10.9. The summed E-state index contributed by atoms with van der Waals surface area (Å²) >= 11 is 0. The Morgan fingerprint density at radius 2 is 0.886 bits per heavy atom. The first-order valence-electron chi connectivity index (χ1n) is 14.0. The molecule has 0 saturated heterocycles. The Balaban J connectivity index is 0.000000240. The Morgan fingerprint density at radius 3 is 1.14 bits per heavy atom. The number of esters is 2. The van der Waals surface area contributed by atoms with Crippen molar-refractivity contribution >= 4 is 35.1 Å². The lowest BCUT2D eigenvalue weighted by atomic mass is 10.1. The molecule has 2 atom stereocenters. The highest BCUT2D eigenvalue weighted by Gasteiger charge is 2.33. The molecule has 0 saturated carbocycles. The summed E-state index contributed by atoms with van der Waals surface area (Å²) in [7, 11) is 2.61. The molecule has 2 heterocycles. The van der Waals surface area contributed by atoms with Gasteiger partial charge in [0.25, 0.3) is 11.8 Å². The van der Waals surface area contributed by atoms with Crippen LogP contribution in [0, 0.1) is 27.7 Å². The molecule has 10 heteroatoms. The molecule has 0 aliphatic heterocycles. The minimum absolute atomic E-state index is 0.179. The SMILES string of the molecule is COC(=O)C(C)N(C(=O)c1ccco1)c1c(C)cccc1C.COC(=O)C(C)N(C(=O)c1ccco1)c1c(C)cccc1C.